The quantitative estimate of drug-likeness (QED) is 0.0199. The maximum absolute atomic E-state index is 13.3. The molecule has 0 aromatic carbocycles. The topological polar surface area (TPSA) is 970 Å². The molecule has 58 atom stereocenters. The van der Waals surface area contributed by atoms with Gasteiger partial charge in [-0.3, -0.25) is 28.8 Å². The third-order valence-corrected chi connectivity index (χ3v) is 27.3. The number of aliphatic hydroxyl groups excluding tert-OH is 30. The van der Waals surface area contributed by atoms with Crippen LogP contribution < -0.4 is 21.3 Å². The second-order valence-electron chi connectivity index (χ2n) is 37.3. The monoisotopic (exact) mass is 2130 g/mol. The van der Waals surface area contributed by atoms with Gasteiger partial charge >= 0.3 is 5.97 Å². The van der Waals surface area contributed by atoms with Crippen LogP contribution in [0.25, 0.3) is 0 Å². The van der Waals surface area contributed by atoms with Gasteiger partial charge in [0.05, 0.1) is 116 Å². The van der Waals surface area contributed by atoms with Crippen molar-refractivity contribution < 1.29 is 291 Å². The predicted molar refractivity (Wildman–Crippen MR) is 452 cm³/mol. The fourth-order valence-electron chi connectivity index (χ4n) is 19.3. The molecule has 63 heteroatoms. The predicted octanol–water partition coefficient (Wildman–Crippen LogP) is -22.6. The number of carbonyl (C=O) groups excluding carboxylic acids is 6. The van der Waals surface area contributed by atoms with Gasteiger partial charge in [0.25, 0.3) is 12.9 Å². The van der Waals surface area contributed by atoms with Gasteiger partial charge in [-0.2, -0.15) is 0 Å². The Kier molecular flexibility index (Phi) is 44.2. The van der Waals surface area contributed by atoms with Gasteiger partial charge < -0.3 is 283 Å². The van der Waals surface area contributed by atoms with E-state index in [-0.39, 0.29) is 12.9 Å². The lowest BCUT2D eigenvalue weighted by molar-refractivity contribution is -0.424. The van der Waals surface area contributed by atoms with Crippen LogP contribution in [0.3, 0.4) is 0 Å². The van der Waals surface area contributed by atoms with Crippen LogP contribution >= 0.6 is 0 Å². The molecule has 11 saturated heterocycles. The van der Waals surface area contributed by atoms with Crippen molar-refractivity contribution in [2.24, 2.45) is 11.8 Å². The smallest absolute Gasteiger partial charge is 0.332 e. The summed E-state index contributed by atoms with van der Waals surface area (Å²) < 4.78 is 137. The Labute approximate surface area is 828 Å². The molecule has 0 spiro atoms. The zero-order valence-electron chi connectivity index (χ0n) is 79.3. The molecule has 63 nitrogen and oxygen atoms in total. The summed E-state index contributed by atoms with van der Waals surface area (Å²) >= 11 is 0. The molecule has 21 unspecified atom stereocenters. The van der Waals surface area contributed by atoms with E-state index < -0.39 is 458 Å². The molecule has 11 fully saturated rings. The third kappa shape index (κ3) is 26.9. The molecule has 0 saturated carbocycles. The molecule has 0 bridgehead atoms. The van der Waals surface area contributed by atoms with Gasteiger partial charge in [0.2, 0.25) is 29.9 Å². The number of hydrogen-bond donors (Lipinski definition) is 34. The zero-order valence-corrected chi connectivity index (χ0v) is 79.3. The first-order valence-corrected chi connectivity index (χ1v) is 46.9. The van der Waals surface area contributed by atoms with E-state index in [0.717, 1.165) is 27.7 Å². The van der Waals surface area contributed by atoms with E-state index in [1.165, 1.54) is 20.8 Å². The van der Waals surface area contributed by atoms with Crippen LogP contribution in [0.4, 0.5) is 0 Å². The second-order valence-corrected chi connectivity index (χ2v) is 37.3. The molecule has 11 aliphatic rings. The Bertz CT molecular complexity index is 4050. The Balaban J connectivity index is 0.892. The van der Waals surface area contributed by atoms with Crippen molar-refractivity contribution in [2.45, 2.75) is 398 Å². The zero-order chi connectivity index (χ0) is 108. The first kappa shape index (κ1) is 121. The number of aliphatic hydroxyl groups is 30. The van der Waals surface area contributed by atoms with Crippen LogP contribution in [0.1, 0.15) is 54.9 Å². The number of nitrogens with one attached hydrogen (secondary N) is 4. The molecule has 11 heterocycles. The van der Waals surface area contributed by atoms with Crippen LogP contribution in [0.2, 0.25) is 0 Å². The average molecular weight is 2140 g/mol. The summed E-state index contributed by atoms with van der Waals surface area (Å²) in [6.07, 6.45) is -108. The lowest BCUT2D eigenvalue weighted by Gasteiger charge is -2.51. The minimum atomic E-state index is -2.69. The lowest BCUT2D eigenvalue weighted by atomic mass is 9.86. The summed E-state index contributed by atoms with van der Waals surface area (Å²) in [6.45, 7) is -5.13. The van der Waals surface area contributed by atoms with Crippen molar-refractivity contribution in [3.63, 3.8) is 0 Å². The Morgan fingerprint density at radius 2 is 0.651 bits per heavy atom. The van der Waals surface area contributed by atoms with E-state index in [1.807, 2.05) is 0 Å². The van der Waals surface area contributed by atoms with Gasteiger partial charge in [-0.25, -0.2) is 0 Å². The summed E-state index contributed by atoms with van der Waals surface area (Å²) in [5.41, 5.74) is 0. The number of carbonyl (C=O) groups is 6. The van der Waals surface area contributed by atoms with E-state index in [9.17, 15) is 182 Å². The Hall–Kier alpha value is -5.22. The number of hydrogen-bond acceptors (Lipinski definition) is 59. The largest absolute Gasteiger partial charge is 0.435 e. The molecule has 11 rings (SSSR count). The molecule has 4 amide bonds. The van der Waals surface area contributed by atoms with Gasteiger partial charge in [0.1, 0.15) is 244 Å². The molecule has 0 aromatic heterocycles. The summed E-state index contributed by atoms with van der Waals surface area (Å²) in [7, 11) is 0. The molecular weight excluding hydrogens is 2000 g/mol. The molecule has 0 aliphatic carbocycles. The fraction of sp³-hybridized carbons (Fsp3) is 0.928. The van der Waals surface area contributed by atoms with Gasteiger partial charge in [0, 0.05) is 39.5 Å². The Morgan fingerprint density at radius 1 is 0.315 bits per heavy atom. The van der Waals surface area contributed by atoms with E-state index >= 15 is 0 Å². The summed E-state index contributed by atoms with van der Waals surface area (Å²) in [5, 5.41) is 349. The SMILES string of the molecule is CC(=O)NC1C(O)[C@H](O[C@@H]2OC(CO[C@]3(OC=O)C[C@H](O)[C@@H](C)C([C@H](O)[C@@H](O)CO)O3)[C@H](O)[C@H](O)C2O)[C@@H](CO)O[C@@H]1OC1[C@H](OCC2O[C@@H](O[C@H]3C(CO)O[C@@H](O[C@H]4C(CO)O[C@@H](C)C(NC(C)=O)[C@H]4O)C(NC(C)=O)[C@H]3O)C(O)[C@@H](O[C@@H]3O[C@H](CO)[C@H](O)C(O)C3O[C@@H]3OC(CO)[C@H](O[C@@H]4OC(CO)[C@H](O)[C@H](OC5[C@H](OC=O)OC([C@H](O)[C@@H](O)CO)[C@H](C)[C@H]5O)C4O)[C@H](O)C3NC(C)=O)[C@H]2O)OC(CO)[C@H](O)[C@@H]1O. The van der Waals surface area contributed by atoms with Crippen molar-refractivity contribution >= 4 is 36.6 Å². The number of ether oxygens (including phenoxy) is 23. The van der Waals surface area contributed by atoms with Crippen LogP contribution in [0, 0.1) is 11.8 Å². The first-order valence-electron chi connectivity index (χ1n) is 46.9. The number of amides is 4. The van der Waals surface area contributed by atoms with Gasteiger partial charge in [-0.05, 0) is 6.92 Å². The third-order valence-electron chi connectivity index (χ3n) is 27.3. The van der Waals surface area contributed by atoms with E-state index in [2.05, 4.69) is 21.3 Å². The summed E-state index contributed by atoms with van der Waals surface area (Å²) in [6, 6.07) is -7.38. The van der Waals surface area contributed by atoms with E-state index in [0.29, 0.717) is 0 Å². The normalized spacial score (nSPS) is 47.5. The molecule has 11 aliphatic heterocycles. The van der Waals surface area contributed by atoms with Crippen molar-refractivity contribution in [2.75, 3.05) is 72.7 Å². The molecule has 844 valence electrons. The molecule has 0 radical (unpaired) electrons. The van der Waals surface area contributed by atoms with Gasteiger partial charge in [0.15, 0.2) is 50.3 Å². The lowest BCUT2D eigenvalue weighted by Crippen LogP contribution is -2.71. The van der Waals surface area contributed by atoms with Crippen molar-refractivity contribution in [1.29, 1.82) is 0 Å². The molecule has 34 N–H and O–H groups in total. The van der Waals surface area contributed by atoms with E-state index in [4.69, 9.17) is 109 Å². The van der Waals surface area contributed by atoms with Crippen LogP contribution in [-0.2, 0) is 138 Å². The fourth-order valence-corrected chi connectivity index (χ4v) is 19.3. The highest BCUT2D eigenvalue weighted by molar-refractivity contribution is 5.74. The van der Waals surface area contributed by atoms with Crippen LogP contribution in [0.5, 0.6) is 0 Å². The maximum Gasteiger partial charge on any atom is 0.332 e. The highest BCUT2D eigenvalue weighted by Crippen LogP contribution is 2.44. The summed E-state index contributed by atoms with van der Waals surface area (Å²) in [5.74, 6) is -8.72. The Morgan fingerprint density at radius 3 is 1.08 bits per heavy atom. The standard InChI is InChI=1S/C83H138N4O59/c1-22-29(103)8-83(127-21-98,146-64(22)47(108)31(105)10-89)126-19-40-50(111)57(118)60(121)77(136-40)140-66-36(15-94)133-75(43(55(66)116)86-27(6)101)144-72-58(119)48(109)32(11-90)130-80(72)124-18-39-52(113)70(62(123)79(135-39)142-68-37(16-95)132-74(42(54(68)115)85-26(5)100)139-65-35(14-93)128-24(3)41(53(65)114)84-25(4)99)143-82-73(59(120)49(110)33(12-91)131-82)145-76-44(87-28(7)102)56(117)67(38(17-96)134-76)141-78-61(122)69(51(112)34(13-92)129-78)137-71-45(106)23(2)63(46(107)30(104)9-88)138-81(71)125-20-97/h20-24,29-82,88-96,103-123H,8-19H2,1-7H3,(H,84,99)(H,85,100)(H,86,101)(H,87,102)/t22-,23-,24+,29+,30+,31+,32?,33-,34?,35?,36-,37?,38?,39?,40?,41?,42?,43?,44?,45-,46-,47-,48+,49+,50+,51+,52+,53-,54-,55?,56-,57+,58+,59?,60?,61?,62?,63?,64?,65+,66-,67+,68+,69+,70+,71?,72?,73?,74+,75-,76+,77+,78+,79+,80-,81-,82+,83+/m1/s1. The molecule has 146 heavy (non-hydrogen) atoms. The number of rotatable bonds is 43. The van der Waals surface area contributed by atoms with Gasteiger partial charge in [-0.15, -0.1) is 0 Å². The molecular formula is C83H138N4O59. The van der Waals surface area contributed by atoms with Crippen molar-refractivity contribution in [3.05, 3.63) is 0 Å². The summed E-state index contributed by atoms with van der Waals surface area (Å²) in [4.78, 5) is 76.0. The first-order chi connectivity index (χ1) is 69.1. The van der Waals surface area contributed by atoms with Crippen molar-refractivity contribution in [1.82, 2.24) is 21.3 Å². The average Bonchev–Trinajstić information content (AvgIpc) is 0.755. The van der Waals surface area contributed by atoms with Gasteiger partial charge in [-0.1, -0.05) is 13.8 Å². The second kappa shape index (κ2) is 53.3. The van der Waals surface area contributed by atoms with Crippen molar-refractivity contribution in [3.8, 4) is 0 Å². The maximum atomic E-state index is 13.3. The van der Waals surface area contributed by atoms with Crippen LogP contribution in [0.15, 0.2) is 0 Å². The highest BCUT2D eigenvalue weighted by atomic mass is 16.9. The minimum absolute atomic E-state index is 0.181. The van der Waals surface area contributed by atoms with E-state index in [1.54, 1.807) is 0 Å². The molecule has 0 aromatic rings. The minimum Gasteiger partial charge on any atom is -0.435 e. The van der Waals surface area contributed by atoms with Crippen LogP contribution in [-0.4, -0.2) is 606 Å². The highest BCUT2D eigenvalue weighted by Gasteiger charge is 2.64.